The van der Waals surface area contributed by atoms with Crippen LogP contribution in [-0.2, 0) is 17.8 Å². The maximum absolute atomic E-state index is 5.51. The standard InChI is InChI=1S/C23H34N6O/c1-3-24-23(29-9-7-22(18-29)27-11-13-30-14-12-27)26-16-20-5-4-6-21(15-20)17-28-10-8-25-19(28)2/h4-6,8,10,15,22H,3,7,9,11-14,16-18H2,1-2H3,(H,24,26). The van der Waals surface area contributed by atoms with Gasteiger partial charge in [-0.3, -0.25) is 4.90 Å². The first kappa shape index (κ1) is 20.9. The number of hydrogen-bond donors (Lipinski definition) is 1. The second kappa shape index (κ2) is 10.1. The first-order valence-corrected chi connectivity index (χ1v) is 11.1. The third kappa shape index (κ3) is 5.21. The monoisotopic (exact) mass is 410 g/mol. The van der Waals surface area contributed by atoms with Gasteiger partial charge in [-0.05, 0) is 31.4 Å². The second-order valence-corrected chi connectivity index (χ2v) is 8.13. The van der Waals surface area contributed by atoms with Crippen LogP contribution in [0.25, 0.3) is 0 Å². The number of likely N-dealkylation sites (tertiary alicyclic amines) is 1. The molecule has 0 aliphatic carbocycles. The lowest BCUT2D eigenvalue weighted by Crippen LogP contribution is -2.46. The van der Waals surface area contributed by atoms with Gasteiger partial charge in [0.05, 0.1) is 19.8 Å². The van der Waals surface area contributed by atoms with Crippen LogP contribution < -0.4 is 5.32 Å². The second-order valence-electron chi connectivity index (χ2n) is 8.13. The van der Waals surface area contributed by atoms with Crippen LogP contribution in [0.1, 0.15) is 30.3 Å². The van der Waals surface area contributed by atoms with E-state index in [2.05, 4.69) is 55.9 Å². The highest BCUT2D eigenvalue weighted by atomic mass is 16.5. The summed E-state index contributed by atoms with van der Waals surface area (Å²) in [7, 11) is 0. The van der Waals surface area contributed by atoms with E-state index in [0.717, 1.165) is 64.3 Å². The first-order chi connectivity index (χ1) is 14.7. The number of nitrogens with one attached hydrogen (secondary N) is 1. The highest BCUT2D eigenvalue weighted by Gasteiger charge is 2.30. The van der Waals surface area contributed by atoms with Gasteiger partial charge < -0.3 is 19.5 Å². The summed E-state index contributed by atoms with van der Waals surface area (Å²) in [6.45, 7) is 12.5. The Hall–Kier alpha value is -2.38. The molecule has 0 saturated carbocycles. The molecule has 7 nitrogen and oxygen atoms in total. The maximum atomic E-state index is 5.51. The van der Waals surface area contributed by atoms with E-state index in [9.17, 15) is 0 Å². The molecule has 1 N–H and O–H groups in total. The average molecular weight is 411 g/mol. The number of ether oxygens (including phenoxy) is 1. The number of aliphatic imine (C=N–C) groups is 1. The Bertz CT molecular complexity index is 842. The molecule has 2 aliphatic rings. The smallest absolute Gasteiger partial charge is 0.194 e. The minimum Gasteiger partial charge on any atom is -0.379 e. The molecule has 0 bridgehead atoms. The Morgan fingerprint density at radius 1 is 1.23 bits per heavy atom. The number of benzene rings is 1. The van der Waals surface area contributed by atoms with E-state index in [0.29, 0.717) is 12.6 Å². The van der Waals surface area contributed by atoms with Crippen LogP contribution in [-0.4, -0.2) is 77.3 Å². The number of aromatic nitrogens is 2. The van der Waals surface area contributed by atoms with E-state index in [1.807, 2.05) is 19.3 Å². The Labute approximate surface area is 179 Å². The van der Waals surface area contributed by atoms with Gasteiger partial charge in [-0.1, -0.05) is 24.3 Å². The van der Waals surface area contributed by atoms with Crippen LogP contribution >= 0.6 is 0 Å². The van der Waals surface area contributed by atoms with Crippen LogP contribution in [0.5, 0.6) is 0 Å². The summed E-state index contributed by atoms with van der Waals surface area (Å²) in [6, 6.07) is 9.33. The van der Waals surface area contributed by atoms with Gasteiger partial charge in [-0.15, -0.1) is 0 Å². The lowest BCUT2D eigenvalue weighted by molar-refractivity contribution is 0.0195. The predicted molar refractivity (Wildman–Crippen MR) is 120 cm³/mol. The van der Waals surface area contributed by atoms with Gasteiger partial charge in [0.15, 0.2) is 5.96 Å². The zero-order chi connectivity index (χ0) is 20.8. The molecule has 0 radical (unpaired) electrons. The topological polar surface area (TPSA) is 57.9 Å². The molecule has 2 saturated heterocycles. The highest BCUT2D eigenvalue weighted by molar-refractivity contribution is 5.80. The van der Waals surface area contributed by atoms with Crippen molar-refractivity contribution < 1.29 is 4.74 Å². The van der Waals surface area contributed by atoms with Crippen LogP contribution in [0.3, 0.4) is 0 Å². The van der Waals surface area contributed by atoms with Gasteiger partial charge in [-0.25, -0.2) is 9.98 Å². The van der Waals surface area contributed by atoms with Crippen molar-refractivity contribution in [1.82, 2.24) is 24.7 Å². The van der Waals surface area contributed by atoms with Crippen molar-refractivity contribution in [3.8, 4) is 0 Å². The van der Waals surface area contributed by atoms with Crippen molar-refractivity contribution in [1.29, 1.82) is 0 Å². The molecular formula is C23H34N6O. The summed E-state index contributed by atoms with van der Waals surface area (Å²) < 4.78 is 7.68. The van der Waals surface area contributed by atoms with Crippen molar-refractivity contribution in [3.63, 3.8) is 0 Å². The molecule has 1 atom stereocenters. The van der Waals surface area contributed by atoms with E-state index in [1.54, 1.807) is 0 Å². The zero-order valence-corrected chi connectivity index (χ0v) is 18.3. The quantitative estimate of drug-likeness (QED) is 0.584. The summed E-state index contributed by atoms with van der Waals surface area (Å²) in [6.07, 6.45) is 5.08. The molecule has 0 amide bonds. The molecule has 2 fully saturated rings. The summed E-state index contributed by atoms with van der Waals surface area (Å²) in [5, 5.41) is 3.50. The number of morpholine rings is 1. The van der Waals surface area contributed by atoms with E-state index in [-0.39, 0.29) is 0 Å². The fraction of sp³-hybridized carbons (Fsp3) is 0.565. The Balaban J connectivity index is 1.39. The van der Waals surface area contributed by atoms with Crippen molar-refractivity contribution in [2.45, 2.75) is 39.4 Å². The molecule has 1 aromatic carbocycles. The third-order valence-corrected chi connectivity index (χ3v) is 6.04. The molecule has 30 heavy (non-hydrogen) atoms. The molecule has 3 heterocycles. The summed E-state index contributed by atoms with van der Waals surface area (Å²) in [5.74, 6) is 2.07. The van der Waals surface area contributed by atoms with Crippen molar-refractivity contribution in [2.75, 3.05) is 45.9 Å². The van der Waals surface area contributed by atoms with Crippen LogP contribution in [0.15, 0.2) is 41.7 Å². The van der Waals surface area contributed by atoms with Crippen molar-refractivity contribution in [3.05, 3.63) is 53.6 Å². The minimum absolute atomic E-state index is 0.611. The molecule has 2 aliphatic heterocycles. The zero-order valence-electron chi connectivity index (χ0n) is 18.3. The minimum atomic E-state index is 0.611. The lowest BCUT2D eigenvalue weighted by Gasteiger charge is -2.32. The fourth-order valence-electron chi connectivity index (χ4n) is 4.36. The van der Waals surface area contributed by atoms with Gasteiger partial charge in [0.2, 0.25) is 0 Å². The molecular weight excluding hydrogens is 376 g/mol. The number of guanidine groups is 1. The van der Waals surface area contributed by atoms with Gasteiger partial charge in [0, 0.05) is 57.7 Å². The number of rotatable bonds is 6. The Kier molecular flexibility index (Phi) is 7.02. The Morgan fingerprint density at radius 3 is 2.83 bits per heavy atom. The largest absolute Gasteiger partial charge is 0.379 e. The summed E-state index contributed by atoms with van der Waals surface area (Å²) >= 11 is 0. The van der Waals surface area contributed by atoms with Gasteiger partial charge in [-0.2, -0.15) is 0 Å². The number of aryl methyl sites for hydroxylation is 1. The third-order valence-electron chi connectivity index (χ3n) is 6.04. The lowest BCUT2D eigenvalue weighted by atomic mass is 10.1. The molecule has 1 unspecified atom stereocenters. The fourth-order valence-corrected chi connectivity index (χ4v) is 4.36. The molecule has 0 spiro atoms. The molecule has 162 valence electrons. The van der Waals surface area contributed by atoms with E-state index in [1.165, 1.54) is 17.5 Å². The molecule has 7 heteroatoms. The molecule has 1 aromatic heterocycles. The summed E-state index contributed by atoms with van der Waals surface area (Å²) in [5.41, 5.74) is 2.52. The van der Waals surface area contributed by atoms with Gasteiger partial charge in [0.25, 0.3) is 0 Å². The van der Waals surface area contributed by atoms with E-state index >= 15 is 0 Å². The van der Waals surface area contributed by atoms with Crippen molar-refractivity contribution in [2.24, 2.45) is 4.99 Å². The van der Waals surface area contributed by atoms with E-state index in [4.69, 9.17) is 9.73 Å². The van der Waals surface area contributed by atoms with E-state index < -0.39 is 0 Å². The van der Waals surface area contributed by atoms with Gasteiger partial charge in [0.1, 0.15) is 5.82 Å². The van der Waals surface area contributed by atoms with Gasteiger partial charge >= 0.3 is 0 Å². The van der Waals surface area contributed by atoms with Crippen molar-refractivity contribution >= 4 is 5.96 Å². The average Bonchev–Trinajstić information content (AvgIpc) is 3.42. The van der Waals surface area contributed by atoms with Crippen LogP contribution in [0, 0.1) is 6.92 Å². The first-order valence-electron chi connectivity index (χ1n) is 11.1. The van der Waals surface area contributed by atoms with Crippen LogP contribution in [0.2, 0.25) is 0 Å². The maximum Gasteiger partial charge on any atom is 0.194 e. The SMILES string of the molecule is CCNC(=NCc1cccc(Cn2ccnc2C)c1)N1CCC(N2CCOCC2)C1. The molecule has 2 aromatic rings. The summed E-state index contributed by atoms with van der Waals surface area (Å²) in [4.78, 5) is 14.3. The molecule has 4 rings (SSSR count). The highest BCUT2D eigenvalue weighted by Crippen LogP contribution is 2.17. The number of hydrogen-bond acceptors (Lipinski definition) is 4. The van der Waals surface area contributed by atoms with Crippen LogP contribution in [0.4, 0.5) is 0 Å². The normalized spacial score (nSPS) is 20.7. The number of imidazole rings is 1. The predicted octanol–water partition coefficient (Wildman–Crippen LogP) is 2.11. The Morgan fingerprint density at radius 2 is 2.07 bits per heavy atom. The number of nitrogens with zero attached hydrogens (tertiary/aromatic N) is 5.